The average molecular weight is 191 g/mol. The van der Waals surface area contributed by atoms with Gasteiger partial charge in [-0.1, -0.05) is 39.1 Å². The molecule has 14 heavy (non-hydrogen) atoms. The normalized spacial score (nSPS) is 8.50. The summed E-state index contributed by atoms with van der Waals surface area (Å²) in [5, 5.41) is 8.80. The van der Waals surface area contributed by atoms with Gasteiger partial charge in [0.25, 0.3) is 0 Å². The minimum Gasteiger partial charge on any atom is -0.390 e. The summed E-state index contributed by atoms with van der Waals surface area (Å²) in [7, 11) is 0. The number of aliphatic hydroxyl groups excluding tert-OH is 1. The van der Waals surface area contributed by atoms with E-state index in [1.807, 2.05) is 19.9 Å². The highest BCUT2D eigenvalue weighted by Crippen LogP contribution is 2.10. The van der Waals surface area contributed by atoms with Gasteiger partial charge >= 0.3 is 0 Å². The fraction of sp³-hybridized carbons (Fsp3) is 0.250. The first-order chi connectivity index (χ1) is 6.81. The molecule has 0 spiro atoms. The third kappa shape index (κ3) is 3.15. The highest BCUT2D eigenvalue weighted by molar-refractivity contribution is 5.60. The Morgan fingerprint density at radius 3 is 2.36 bits per heavy atom. The van der Waals surface area contributed by atoms with Crippen LogP contribution in [0.4, 0.5) is 0 Å². The molecule has 1 aromatic rings. The summed E-state index contributed by atoms with van der Waals surface area (Å²) in [5.41, 5.74) is 2.34. The van der Waals surface area contributed by atoms with E-state index in [-0.39, 0.29) is 6.61 Å². The molecule has 0 aliphatic rings. The molecular formula is C12H17NO. The van der Waals surface area contributed by atoms with E-state index < -0.39 is 0 Å². The summed E-state index contributed by atoms with van der Waals surface area (Å²) in [4.78, 5) is 4.14. The minimum atomic E-state index is -0.0434. The lowest BCUT2D eigenvalue weighted by atomic mass is 10.1. The largest absolute Gasteiger partial charge is 0.390 e. The maximum Gasteiger partial charge on any atom is 0.0853 e. The van der Waals surface area contributed by atoms with Crippen LogP contribution in [-0.2, 0) is 6.61 Å². The van der Waals surface area contributed by atoms with Gasteiger partial charge in [-0.3, -0.25) is 4.98 Å². The highest BCUT2D eigenvalue weighted by Gasteiger charge is 1.98. The Morgan fingerprint density at radius 1 is 1.29 bits per heavy atom. The topological polar surface area (TPSA) is 33.1 Å². The SMILES string of the molecule is C=Cc1ccc(CO)nc1C=C.CC. The van der Waals surface area contributed by atoms with E-state index in [1.54, 1.807) is 18.2 Å². The Morgan fingerprint density at radius 2 is 1.93 bits per heavy atom. The molecule has 76 valence electrons. The van der Waals surface area contributed by atoms with Gasteiger partial charge in [0.2, 0.25) is 0 Å². The molecule has 0 fully saturated rings. The van der Waals surface area contributed by atoms with E-state index in [4.69, 9.17) is 5.11 Å². The second kappa shape index (κ2) is 7.04. The molecule has 0 aliphatic carbocycles. The zero-order valence-electron chi connectivity index (χ0n) is 8.83. The van der Waals surface area contributed by atoms with Crippen molar-refractivity contribution in [3.63, 3.8) is 0 Å². The van der Waals surface area contributed by atoms with Gasteiger partial charge in [-0.15, -0.1) is 0 Å². The average Bonchev–Trinajstić information content (AvgIpc) is 2.30. The number of rotatable bonds is 3. The number of aliphatic hydroxyl groups is 1. The van der Waals surface area contributed by atoms with Gasteiger partial charge in [0.1, 0.15) is 0 Å². The fourth-order valence-electron chi connectivity index (χ4n) is 0.952. The third-order valence-corrected chi connectivity index (χ3v) is 1.59. The Hall–Kier alpha value is -1.41. The molecule has 2 nitrogen and oxygen atoms in total. The summed E-state index contributed by atoms with van der Waals surface area (Å²) in [6.07, 6.45) is 3.36. The van der Waals surface area contributed by atoms with Crippen molar-refractivity contribution in [2.75, 3.05) is 0 Å². The quantitative estimate of drug-likeness (QED) is 0.796. The fourth-order valence-corrected chi connectivity index (χ4v) is 0.952. The van der Waals surface area contributed by atoms with Crippen LogP contribution in [-0.4, -0.2) is 10.1 Å². The van der Waals surface area contributed by atoms with Crippen molar-refractivity contribution in [1.82, 2.24) is 4.98 Å². The maximum absolute atomic E-state index is 8.80. The van der Waals surface area contributed by atoms with Crippen LogP contribution in [0.3, 0.4) is 0 Å². The van der Waals surface area contributed by atoms with Crippen LogP contribution in [0.5, 0.6) is 0 Å². The lowest BCUT2D eigenvalue weighted by Crippen LogP contribution is -1.93. The summed E-state index contributed by atoms with van der Waals surface area (Å²) < 4.78 is 0. The Balaban J connectivity index is 0.000000791. The van der Waals surface area contributed by atoms with Gasteiger partial charge in [-0.05, 0) is 17.7 Å². The Labute approximate surface area is 85.6 Å². The van der Waals surface area contributed by atoms with E-state index >= 15 is 0 Å². The third-order valence-electron chi connectivity index (χ3n) is 1.59. The van der Waals surface area contributed by atoms with Gasteiger partial charge in [0, 0.05) is 0 Å². The van der Waals surface area contributed by atoms with Crippen molar-refractivity contribution in [3.8, 4) is 0 Å². The molecule has 0 bridgehead atoms. The van der Waals surface area contributed by atoms with Crippen molar-refractivity contribution in [2.45, 2.75) is 20.5 Å². The molecule has 0 saturated carbocycles. The number of aromatic nitrogens is 1. The molecule has 0 amide bonds. The van der Waals surface area contributed by atoms with Crippen LogP contribution < -0.4 is 0 Å². The van der Waals surface area contributed by atoms with Crippen LogP contribution in [0.15, 0.2) is 25.3 Å². The van der Waals surface area contributed by atoms with Crippen molar-refractivity contribution in [3.05, 3.63) is 42.2 Å². The minimum absolute atomic E-state index is 0.0434. The zero-order chi connectivity index (χ0) is 11.0. The van der Waals surface area contributed by atoms with Gasteiger partial charge in [-0.2, -0.15) is 0 Å². The van der Waals surface area contributed by atoms with Crippen molar-refractivity contribution in [2.24, 2.45) is 0 Å². The monoisotopic (exact) mass is 191 g/mol. The highest BCUT2D eigenvalue weighted by atomic mass is 16.3. The van der Waals surface area contributed by atoms with Crippen LogP contribution in [0, 0.1) is 0 Å². The molecule has 0 saturated heterocycles. The summed E-state index contributed by atoms with van der Waals surface area (Å²) in [6, 6.07) is 3.63. The first kappa shape index (κ1) is 12.6. The van der Waals surface area contributed by atoms with E-state index in [0.717, 1.165) is 11.3 Å². The smallest absolute Gasteiger partial charge is 0.0853 e. The van der Waals surface area contributed by atoms with Crippen LogP contribution in [0.1, 0.15) is 30.8 Å². The maximum atomic E-state index is 8.80. The molecule has 2 heteroatoms. The second-order valence-electron chi connectivity index (χ2n) is 2.34. The predicted octanol–water partition coefficient (Wildman–Crippen LogP) is 2.89. The molecule has 1 rings (SSSR count). The molecular weight excluding hydrogens is 174 g/mol. The molecule has 1 aromatic heterocycles. The number of nitrogens with zero attached hydrogens (tertiary/aromatic N) is 1. The lowest BCUT2D eigenvalue weighted by Gasteiger charge is -2.01. The summed E-state index contributed by atoms with van der Waals surface area (Å²) in [5.74, 6) is 0. The Bertz CT molecular complexity index is 305. The summed E-state index contributed by atoms with van der Waals surface area (Å²) >= 11 is 0. The van der Waals surface area contributed by atoms with E-state index in [0.29, 0.717) is 5.69 Å². The van der Waals surface area contributed by atoms with Crippen LogP contribution in [0.25, 0.3) is 12.2 Å². The standard InChI is InChI=1S/C10H11NO.C2H6/c1-3-8-5-6-9(7-12)11-10(8)4-2;1-2/h3-6,12H,1-2,7H2;1-2H3. The van der Waals surface area contributed by atoms with Gasteiger partial charge in [-0.25, -0.2) is 0 Å². The van der Waals surface area contributed by atoms with E-state index in [9.17, 15) is 0 Å². The van der Waals surface area contributed by atoms with Crippen molar-refractivity contribution < 1.29 is 5.11 Å². The molecule has 1 heterocycles. The number of hydrogen-bond donors (Lipinski definition) is 1. The Kier molecular flexibility index (Phi) is 6.33. The molecule has 0 radical (unpaired) electrons. The number of hydrogen-bond acceptors (Lipinski definition) is 2. The summed E-state index contributed by atoms with van der Waals surface area (Å²) in [6.45, 7) is 11.2. The van der Waals surface area contributed by atoms with Gasteiger partial charge in [0.15, 0.2) is 0 Å². The molecule has 1 N–H and O–H groups in total. The van der Waals surface area contributed by atoms with Crippen LogP contribution >= 0.6 is 0 Å². The van der Waals surface area contributed by atoms with Gasteiger partial charge < -0.3 is 5.11 Å². The lowest BCUT2D eigenvalue weighted by molar-refractivity contribution is 0.277. The van der Waals surface area contributed by atoms with E-state index in [1.165, 1.54) is 0 Å². The first-order valence-electron chi connectivity index (χ1n) is 4.67. The van der Waals surface area contributed by atoms with Crippen molar-refractivity contribution in [1.29, 1.82) is 0 Å². The van der Waals surface area contributed by atoms with Crippen LogP contribution in [0.2, 0.25) is 0 Å². The number of pyridine rings is 1. The first-order valence-corrected chi connectivity index (χ1v) is 4.67. The second-order valence-corrected chi connectivity index (χ2v) is 2.34. The predicted molar refractivity (Wildman–Crippen MR) is 61.7 cm³/mol. The molecule has 0 aliphatic heterocycles. The van der Waals surface area contributed by atoms with Crippen molar-refractivity contribution >= 4 is 12.2 Å². The van der Waals surface area contributed by atoms with Gasteiger partial charge in [0.05, 0.1) is 18.0 Å². The zero-order valence-corrected chi connectivity index (χ0v) is 8.83. The molecule has 0 unspecified atom stereocenters. The molecule has 0 atom stereocenters. The molecule has 0 aromatic carbocycles. The van der Waals surface area contributed by atoms with E-state index in [2.05, 4.69) is 18.1 Å².